The summed E-state index contributed by atoms with van der Waals surface area (Å²) in [5.74, 6) is 0.410. The lowest BCUT2D eigenvalue weighted by Gasteiger charge is -2.23. The van der Waals surface area contributed by atoms with E-state index < -0.39 is 11.8 Å². The van der Waals surface area contributed by atoms with Gasteiger partial charge in [-0.3, -0.25) is 14.2 Å². The standard InChI is InChI=1S/C23H25N3O4S/c1-15-9-10-17(12-16(15)2)24-22(28)19-13-31-14-26(19)21(27)8-5-11-25-18-6-3-4-7-20(18)30-23(25)29/h3-4,6-7,9-10,12,19H,5,8,11,13-14H2,1-2H3,(H,24,28). The lowest BCUT2D eigenvalue weighted by Crippen LogP contribution is -2.44. The zero-order valence-corrected chi connectivity index (χ0v) is 18.4. The fourth-order valence-corrected chi connectivity index (χ4v) is 4.89. The molecule has 0 bridgehead atoms. The van der Waals surface area contributed by atoms with Gasteiger partial charge in [0.2, 0.25) is 11.8 Å². The molecule has 7 nitrogen and oxygen atoms in total. The number of para-hydroxylation sites is 2. The highest BCUT2D eigenvalue weighted by Crippen LogP contribution is 2.24. The van der Waals surface area contributed by atoms with Crippen LogP contribution in [0.1, 0.15) is 24.0 Å². The van der Waals surface area contributed by atoms with E-state index in [0.717, 1.165) is 22.3 Å². The lowest BCUT2D eigenvalue weighted by atomic mass is 10.1. The first-order valence-electron chi connectivity index (χ1n) is 10.3. The van der Waals surface area contributed by atoms with Gasteiger partial charge in [0.25, 0.3) is 0 Å². The molecule has 162 valence electrons. The molecule has 0 radical (unpaired) electrons. The number of carbonyl (C=O) groups excluding carboxylic acids is 2. The molecule has 1 unspecified atom stereocenters. The number of hydrogen-bond donors (Lipinski definition) is 1. The van der Waals surface area contributed by atoms with Gasteiger partial charge in [0.15, 0.2) is 5.58 Å². The van der Waals surface area contributed by atoms with Crippen molar-refractivity contribution in [2.24, 2.45) is 0 Å². The highest BCUT2D eigenvalue weighted by Gasteiger charge is 2.34. The first-order valence-corrected chi connectivity index (χ1v) is 11.4. The third-order valence-electron chi connectivity index (χ3n) is 5.63. The van der Waals surface area contributed by atoms with Crippen LogP contribution in [-0.4, -0.2) is 39.0 Å². The smallest absolute Gasteiger partial charge is 0.408 e. The summed E-state index contributed by atoms with van der Waals surface area (Å²) >= 11 is 1.57. The summed E-state index contributed by atoms with van der Waals surface area (Å²) in [4.78, 5) is 39.3. The molecule has 4 rings (SSSR count). The van der Waals surface area contributed by atoms with Crippen molar-refractivity contribution in [1.82, 2.24) is 9.47 Å². The van der Waals surface area contributed by atoms with Gasteiger partial charge in [0.05, 0.1) is 11.4 Å². The number of benzene rings is 2. The van der Waals surface area contributed by atoms with Crippen LogP contribution in [0.25, 0.3) is 11.1 Å². The molecule has 1 aliphatic rings. The summed E-state index contributed by atoms with van der Waals surface area (Å²) in [6.45, 7) is 4.41. The molecule has 0 saturated carbocycles. The maximum Gasteiger partial charge on any atom is 0.419 e. The lowest BCUT2D eigenvalue weighted by molar-refractivity contribution is -0.136. The van der Waals surface area contributed by atoms with Gasteiger partial charge in [0, 0.05) is 24.4 Å². The number of fused-ring (bicyclic) bond motifs is 1. The molecule has 2 heterocycles. The van der Waals surface area contributed by atoms with Gasteiger partial charge < -0.3 is 14.6 Å². The highest BCUT2D eigenvalue weighted by molar-refractivity contribution is 7.99. The molecule has 0 spiro atoms. The molecule has 31 heavy (non-hydrogen) atoms. The number of amides is 2. The Morgan fingerprint density at radius 1 is 1.16 bits per heavy atom. The topological polar surface area (TPSA) is 84.5 Å². The van der Waals surface area contributed by atoms with Crippen molar-refractivity contribution in [2.75, 3.05) is 16.9 Å². The van der Waals surface area contributed by atoms with Gasteiger partial charge >= 0.3 is 5.76 Å². The Hall–Kier alpha value is -3.00. The average molecular weight is 440 g/mol. The van der Waals surface area contributed by atoms with Crippen molar-refractivity contribution in [2.45, 2.75) is 39.3 Å². The fourth-order valence-electron chi connectivity index (χ4n) is 3.71. The summed E-state index contributed by atoms with van der Waals surface area (Å²) in [5, 5.41) is 2.94. The molecule has 1 atom stereocenters. The van der Waals surface area contributed by atoms with E-state index in [9.17, 15) is 14.4 Å². The average Bonchev–Trinajstić information content (AvgIpc) is 3.36. The minimum absolute atomic E-state index is 0.0777. The van der Waals surface area contributed by atoms with E-state index in [1.54, 1.807) is 27.3 Å². The van der Waals surface area contributed by atoms with Crippen LogP contribution in [0.15, 0.2) is 51.7 Å². The quantitative estimate of drug-likeness (QED) is 0.635. The third kappa shape index (κ3) is 4.54. The second kappa shape index (κ2) is 9.01. The van der Waals surface area contributed by atoms with E-state index >= 15 is 0 Å². The van der Waals surface area contributed by atoms with E-state index in [0.29, 0.717) is 30.2 Å². The van der Waals surface area contributed by atoms with Crippen LogP contribution in [0.5, 0.6) is 0 Å². The van der Waals surface area contributed by atoms with Gasteiger partial charge in [-0.25, -0.2) is 4.79 Å². The van der Waals surface area contributed by atoms with Crippen LogP contribution in [-0.2, 0) is 16.1 Å². The molecule has 0 aliphatic carbocycles. The minimum Gasteiger partial charge on any atom is -0.408 e. The molecule has 8 heteroatoms. The van der Waals surface area contributed by atoms with Gasteiger partial charge in [-0.05, 0) is 55.7 Å². The zero-order chi connectivity index (χ0) is 22.0. The van der Waals surface area contributed by atoms with Crippen molar-refractivity contribution in [3.8, 4) is 0 Å². The number of aromatic nitrogens is 1. The van der Waals surface area contributed by atoms with Crippen molar-refractivity contribution in [1.29, 1.82) is 0 Å². The predicted octanol–water partition coefficient (Wildman–Crippen LogP) is 3.53. The molecule has 1 fully saturated rings. The van der Waals surface area contributed by atoms with E-state index in [4.69, 9.17) is 4.42 Å². The molecule has 2 aromatic carbocycles. The number of aryl methyl sites for hydroxylation is 3. The predicted molar refractivity (Wildman–Crippen MR) is 122 cm³/mol. The fraction of sp³-hybridized carbons (Fsp3) is 0.348. The monoisotopic (exact) mass is 439 g/mol. The van der Waals surface area contributed by atoms with Gasteiger partial charge in [-0.15, -0.1) is 11.8 Å². The second-order valence-corrected chi connectivity index (χ2v) is 8.76. The second-order valence-electron chi connectivity index (χ2n) is 7.76. The first kappa shape index (κ1) is 21.2. The summed E-state index contributed by atoms with van der Waals surface area (Å²) in [5.41, 5.74) is 4.27. The Kier molecular flexibility index (Phi) is 6.18. The van der Waals surface area contributed by atoms with Crippen molar-refractivity contribution >= 4 is 40.4 Å². The Balaban J connectivity index is 1.36. The van der Waals surface area contributed by atoms with Crippen molar-refractivity contribution in [3.05, 3.63) is 64.1 Å². The van der Waals surface area contributed by atoms with Gasteiger partial charge in [-0.2, -0.15) is 0 Å². The number of oxazole rings is 1. The van der Waals surface area contributed by atoms with Crippen LogP contribution in [0.4, 0.5) is 5.69 Å². The number of nitrogens with zero attached hydrogens (tertiary/aromatic N) is 2. The number of anilines is 1. The summed E-state index contributed by atoms with van der Waals surface area (Å²) in [6, 6.07) is 12.5. The first-order chi connectivity index (χ1) is 14.9. The van der Waals surface area contributed by atoms with E-state index in [-0.39, 0.29) is 18.2 Å². The van der Waals surface area contributed by atoms with Crippen LogP contribution >= 0.6 is 11.8 Å². The molecule has 1 N–H and O–H groups in total. The number of hydrogen-bond acceptors (Lipinski definition) is 5. The Bertz CT molecular complexity index is 1180. The number of carbonyl (C=O) groups is 2. The molecule has 1 aliphatic heterocycles. The van der Waals surface area contributed by atoms with E-state index in [2.05, 4.69) is 5.32 Å². The molecule has 1 saturated heterocycles. The van der Waals surface area contributed by atoms with E-state index in [1.165, 1.54) is 0 Å². The van der Waals surface area contributed by atoms with Gasteiger partial charge in [-0.1, -0.05) is 18.2 Å². The normalized spacial score (nSPS) is 16.1. The van der Waals surface area contributed by atoms with Crippen LogP contribution < -0.4 is 11.1 Å². The highest BCUT2D eigenvalue weighted by atomic mass is 32.2. The van der Waals surface area contributed by atoms with Gasteiger partial charge in [0.1, 0.15) is 6.04 Å². The Morgan fingerprint density at radius 3 is 2.77 bits per heavy atom. The molecule has 3 aromatic rings. The largest absolute Gasteiger partial charge is 0.419 e. The Labute approximate surface area is 184 Å². The zero-order valence-electron chi connectivity index (χ0n) is 17.6. The molecule has 1 aromatic heterocycles. The minimum atomic E-state index is -0.489. The summed E-state index contributed by atoms with van der Waals surface area (Å²) < 4.78 is 6.78. The van der Waals surface area contributed by atoms with Crippen LogP contribution in [0, 0.1) is 13.8 Å². The maximum absolute atomic E-state index is 12.8. The summed E-state index contributed by atoms with van der Waals surface area (Å²) in [6.07, 6.45) is 0.759. The maximum atomic E-state index is 12.8. The number of rotatable bonds is 6. The number of thioether (sulfide) groups is 1. The molecule has 2 amide bonds. The Morgan fingerprint density at radius 2 is 1.97 bits per heavy atom. The third-order valence-corrected chi connectivity index (χ3v) is 6.64. The SMILES string of the molecule is Cc1ccc(NC(=O)C2CSCN2C(=O)CCCn2c(=O)oc3ccccc32)cc1C. The number of nitrogens with one attached hydrogen (secondary N) is 1. The van der Waals surface area contributed by atoms with Crippen LogP contribution in [0.2, 0.25) is 0 Å². The van der Waals surface area contributed by atoms with Crippen LogP contribution in [0.3, 0.4) is 0 Å². The van der Waals surface area contributed by atoms with Crippen molar-refractivity contribution in [3.63, 3.8) is 0 Å². The summed E-state index contributed by atoms with van der Waals surface area (Å²) in [7, 11) is 0. The molecular formula is C23H25N3O4S. The van der Waals surface area contributed by atoms with Crippen molar-refractivity contribution < 1.29 is 14.0 Å². The molecular weight excluding hydrogens is 414 g/mol. The van der Waals surface area contributed by atoms with E-state index in [1.807, 2.05) is 50.2 Å².